The van der Waals surface area contributed by atoms with Crippen molar-refractivity contribution in [3.05, 3.63) is 29.8 Å². The molecule has 2 atom stereocenters. The Kier molecular flexibility index (Phi) is 4.40. The van der Waals surface area contributed by atoms with Crippen LogP contribution in [0.2, 0.25) is 0 Å². The van der Waals surface area contributed by atoms with E-state index < -0.39 is 0 Å². The maximum Gasteiger partial charge on any atom is 0.125 e. The van der Waals surface area contributed by atoms with Crippen molar-refractivity contribution in [3.63, 3.8) is 0 Å². The lowest BCUT2D eigenvalue weighted by molar-refractivity contribution is 0.0203. The molecular formula is C14H20O3. The van der Waals surface area contributed by atoms with Gasteiger partial charge in [-0.25, -0.2) is 0 Å². The predicted molar refractivity (Wildman–Crippen MR) is 66.0 cm³/mol. The first-order valence-corrected chi connectivity index (χ1v) is 6.21. The van der Waals surface area contributed by atoms with Crippen molar-refractivity contribution in [1.82, 2.24) is 0 Å². The van der Waals surface area contributed by atoms with E-state index in [2.05, 4.69) is 0 Å². The molecule has 0 bridgehead atoms. The molecule has 1 fully saturated rings. The van der Waals surface area contributed by atoms with Crippen molar-refractivity contribution >= 4 is 0 Å². The van der Waals surface area contributed by atoms with Crippen LogP contribution in [0.4, 0.5) is 0 Å². The molecule has 0 amide bonds. The van der Waals surface area contributed by atoms with Crippen molar-refractivity contribution in [1.29, 1.82) is 0 Å². The minimum absolute atomic E-state index is 0.0244. The quantitative estimate of drug-likeness (QED) is 0.873. The Morgan fingerprint density at radius 3 is 2.76 bits per heavy atom. The first-order chi connectivity index (χ1) is 8.33. The van der Waals surface area contributed by atoms with Crippen LogP contribution in [0.1, 0.15) is 31.2 Å². The van der Waals surface area contributed by atoms with Gasteiger partial charge in [-0.3, -0.25) is 0 Å². The van der Waals surface area contributed by atoms with Crippen LogP contribution in [0.15, 0.2) is 24.3 Å². The van der Waals surface area contributed by atoms with E-state index in [0.717, 1.165) is 37.0 Å². The van der Waals surface area contributed by atoms with Crippen LogP contribution in [0.3, 0.4) is 0 Å². The van der Waals surface area contributed by atoms with Gasteiger partial charge in [0.05, 0.1) is 12.7 Å². The number of hydrogen-bond acceptors (Lipinski definition) is 3. The lowest BCUT2D eigenvalue weighted by Gasteiger charge is -2.29. The first-order valence-electron chi connectivity index (χ1n) is 6.21. The van der Waals surface area contributed by atoms with E-state index in [1.54, 1.807) is 7.11 Å². The number of para-hydroxylation sites is 1. The monoisotopic (exact) mass is 236 g/mol. The highest BCUT2D eigenvalue weighted by Crippen LogP contribution is 2.27. The molecule has 1 saturated carbocycles. The van der Waals surface area contributed by atoms with E-state index in [1.807, 2.05) is 24.3 Å². The van der Waals surface area contributed by atoms with Crippen LogP contribution in [-0.4, -0.2) is 24.4 Å². The molecule has 1 aliphatic rings. The van der Waals surface area contributed by atoms with Crippen LogP contribution in [0, 0.1) is 0 Å². The van der Waals surface area contributed by atoms with Gasteiger partial charge in [0.15, 0.2) is 0 Å². The number of aliphatic hydroxyl groups excluding tert-OH is 1. The normalized spacial score (nSPS) is 24.6. The fourth-order valence-corrected chi connectivity index (χ4v) is 2.35. The standard InChI is InChI=1S/C14H20O3/c1-16-12-6-4-7-13(9-12)17-14-8-3-2-5-11(14)10-15/h2-3,5,8,12-13,15H,4,6-7,9-10H2,1H3. The second-order valence-corrected chi connectivity index (χ2v) is 4.53. The summed E-state index contributed by atoms with van der Waals surface area (Å²) in [5.74, 6) is 0.803. The number of hydrogen-bond donors (Lipinski definition) is 1. The first kappa shape index (κ1) is 12.4. The molecule has 3 heteroatoms. The maximum atomic E-state index is 9.24. The van der Waals surface area contributed by atoms with Crippen molar-refractivity contribution in [2.45, 2.75) is 44.5 Å². The fourth-order valence-electron chi connectivity index (χ4n) is 2.35. The summed E-state index contributed by atoms with van der Waals surface area (Å²) in [6.07, 6.45) is 4.80. The van der Waals surface area contributed by atoms with E-state index in [9.17, 15) is 5.11 Å². The molecule has 2 rings (SSSR count). The molecule has 0 radical (unpaired) electrons. The minimum atomic E-state index is 0.0244. The third-order valence-electron chi connectivity index (χ3n) is 3.35. The van der Waals surface area contributed by atoms with Gasteiger partial charge >= 0.3 is 0 Å². The highest BCUT2D eigenvalue weighted by Gasteiger charge is 2.23. The molecule has 0 aliphatic heterocycles. The number of benzene rings is 1. The van der Waals surface area contributed by atoms with Crippen LogP contribution < -0.4 is 4.74 Å². The fraction of sp³-hybridized carbons (Fsp3) is 0.571. The van der Waals surface area contributed by atoms with E-state index >= 15 is 0 Å². The lowest BCUT2D eigenvalue weighted by atomic mass is 9.95. The molecule has 94 valence electrons. The Labute approximate surface area is 102 Å². The molecule has 0 aromatic heterocycles. The summed E-state index contributed by atoms with van der Waals surface area (Å²) in [6.45, 7) is 0.0244. The Morgan fingerprint density at radius 1 is 1.24 bits per heavy atom. The lowest BCUT2D eigenvalue weighted by Crippen LogP contribution is -2.29. The summed E-state index contributed by atoms with van der Waals surface area (Å²) in [4.78, 5) is 0. The van der Waals surface area contributed by atoms with E-state index in [-0.39, 0.29) is 12.7 Å². The van der Waals surface area contributed by atoms with E-state index in [4.69, 9.17) is 9.47 Å². The Balaban J connectivity index is 2.00. The molecule has 1 aliphatic carbocycles. The predicted octanol–water partition coefficient (Wildman–Crippen LogP) is 2.52. The van der Waals surface area contributed by atoms with Crippen molar-refractivity contribution in [2.75, 3.05) is 7.11 Å². The van der Waals surface area contributed by atoms with E-state index in [1.165, 1.54) is 0 Å². The van der Waals surface area contributed by atoms with Gasteiger partial charge in [-0.05, 0) is 25.3 Å². The summed E-state index contributed by atoms with van der Waals surface area (Å²) in [6, 6.07) is 7.66. The molecule has 0 spiro atoms. The van der Waals surface area contributed by atoms with Gasteiger partial charge in [-0.1, -0.05) is 18.2 Å². The molecule has 0 heterocycles. The van der Waals surface area contributed by atoms with Crippen LogP contribution in [-0.2, 0) is 11.3 Å². The van der Waals surface area contributed by atoms with Crippen molar-refractivity contribution in [3.8, 4) is 5.75 Å². The smallest absolute Gasteiger partial charge is 0.125 e. The highest BCUT2D eigenvalue weighted by molar-refractivity contribution is 5.32. The number of methoxy groups -OCH3 is 1. The third-order valence-corrected chi connectivity index (χ3v) is 3.35. The zero-order chi connectivity index (χ0) is 12.1. The third kappa shape index (κ3) is 3.20. The summed E-state index contributed by atoms with van der Waals surface area (Å²) in [5.41, 5.74) is 0.854. The van der Waals surface area contributed by atoms with Gasteiger partial charge in [0.25, 0.3) is 0 Å². The molecule has 2 unspecified atom stereocenters. The second kappa shape index (κ2) is 6.03. The van der Waals surface area contributed by atoms with Gasteiger partial charge in [-0.2, -0.15) is 0 Å². The van der Waals surface area contributed by atoms with Crippen LogP contribution in [0.25, 0.3) is 0 Å². The summed E-state index contributed by atoms with van der Waals surface area (Å²) in [7, 11) is 1.76. The SMILES string of the molecule is COC1CCCC(Oc2ccccc2CO)C1. The van der Waals surface area contributed by atoms with Gasteiger partial charge in [-0.15, -0.1) is 0 Å². The largest absolute Gasteiger partial charge is 0.490 e. The second-order valence-electron chi connectivity index (χ2n) is 4.53. The number of rotatable bonds is 4. The molecule has 17 heavy (non-hydrogen) atoms. The Bertz CT molecular complexity index is 351. The minimum Gasteiger partial charge on any atom is -0.490 e. The van der Waals surface area contributed by atoms with Crippen LogP contribution in [0.5, 0.6) is 5.75 Å². The molecule has 3 nitrogen and oxygen atoms in total. The van der Waals surface area contributed by atoms with E-state index in [0.29, 0.717) is 6.10 Å². The average Bonchev–Trinajstić information content (AvgIpc) is 2.39. The van der Waals surface area contributed by atoms with Crippen molar-refractivity contribution in [2.24, 2.45) is 0 Å². The zero-order valence-electron chi connectivity index (χ0n) is 10.3. The van der Waals surface area contributed by atoms with Crippen molar-refractivity contribution < 1.29 is 14.6 Å². The van der Waals surface area contributed by atoms with Gasteiger partial charge < -0.3 is 14.6 Å². The molecule has 1 aromatic rings. The Hall–Kier alpha value is -1.06. The van der Waals surface area contributed by atoms with Crippen LogP contribution >= 0.6 is 0 Å². The summed E-state index contributed by atoms with van der Waals surface area (Å²) >= 11 is 0. The summed E-state index contributed by atoms with van der Waals surface area (Å²) < 4.78 is 11.4. The van der Waals surface area contributed by atoms with Gasteiger partial charge in [0.1, 0.15) is 11.9 Å². The van der Waals surface area contributed by atoms with Gasteiger partial charge in [0.2, 0.25) is 0 Å². The molecular weight excluding hydrogens is 216 g/mol. The molecule has 0 saturated heterocycles. The number of aliphatic hydroxyl groups is 1. The van der Waals surface area contributed by atoms with Gasteiger partial charge in [0, 0.05) is 19.1 Å². The topological polar surface area (TPSA) is 38.7 Å². The Morgan fingerprint density at radius 2 is 2.00 bits per heavy atom. The average molecular weight is 236 g/mol. The number of ether oxygens (including phenoxy) is 2. The molecule has 1 N–H and O–H groups in total. The zero-order valence-corrected chi connectivity index (χ0v) is 10.3. The highest BCUT2D eigenvalue weighted by atomic mass is 16.5. The summed E-state index contributed by atoms with van der Waals surface area (Å²) in [5, 5.41) is 9.24. The molecule has 1 aromatic carbocycles. The maximum absolute atomic E-state index is 9.24.